The number of benzene rings is 2. The van der Waals surface area contributed by atoms with E-state index >= 15 is 0 Å². The van der Waals surface area contributed by atoms with Gasteiger partial charge < -0.3 is 20.9 Å². The van der Waals surface area contributed by atoms with Crippen molar-refractivity contribution in [2.24, 2.45) is 0 Å². The van der Waals surface area contributed by atoms with Crippen LogP contribution in [0.4, 0.5) is 29.3 Å². The highest BCUT2D eigenvalue weighted by molar-refractivity contribution is 5.94. The molecule has 3 N–H and O–H groups in total. The number of rotatable bonds is 8. The number of alkyl halides is 3. The summed E-state index contributed by atoms with van der Waals surface area (Å²) in [4.78, 5) is 25.7. The number of hydrogen-bond acceptors (Lipinski definition) is 3. The molecule has 2 rings (SSSR count). The Labute approximate surface area is 167 Å². The van der Waals surface area contributed by atoms with Gasteiger partial charge in [0.2, 0.25) is 5.91 Å². The highest BCUT2D eigenvalue weighted by Gasteiger charge is 2.27. The number of carbonyl (C=O) groups is 2. The van der Waals surface area contributed by atoms with Crippen molar-refractivity contribution in [1.29, 1.82) is 0 Å². The van der Waals surface area contributed by atoms with Crippen molar-refractivity contribution in [2.75, 3.05) is 30.8 Å². The van der Waals surface area contributed by atoms with Gasteiger partial charge in [0.15, 0.2) is 0 Å². The standard InChI is InChI=1S/C20H23F3N4O2/c1-27(13-15-7-3-2-4-8-15)19(29)24-12-11-18(28)26-17-10-6-5-9-16(17)25-14-20(21,22)23/h2-10,25H,11-14H2,1H3,(H,24,29)(H,26,28). The first-order chi connectivity index (χ1) is 13.7. The van der Waals surface area contributed by atoms with Crippen molar-refractivity contribution in [3.05, 3.63) is 60.2 Å². The van der Waals surface area contributed by atoms with Crippen molar-refractivity contribution in [3.8, 4) is 0 Å². The number of amides is 3. The van der Waals surface area contributed by atoms with E-state index in [2.05, 4.69) is 16.0 Å². The molecular formula is C20H23F3N4O2. The van der Waals surface area contributed by atoms with Gasteiger partial charge in [0.25, 0.3) is 0 Å². The van der Waals surface area contributed by atoms with Gasteiger partial charge in [-0.1, -0.05) is 42.5 Å². The first-order valence-electron chi connectivity index (χ1n) is 8.97. The van der Waals surface area contributed by atoms with Gasteiger partial charge in [0.1, 0.15) is 6.54 Å². The number of nitrogens with zero attached hydrogens (tertiary/aromatic N) is 1. The van der Waals surface area contributed by atoms with Gasteiger partial charge in [-0.05, 0) is 17.7 Å². The largest absolute Gasteiger partial charge is 0.405 e. The highest BCUT2D eigenvalue weighted by Crippen LogP contribution is 2.23. The number of urea groups is 1. The zero-order chi connectivity index (χ0) is 21.3. The fraction of sp³-hybridized carbons (Fsp3) is 0.300. The van der Waals surface area contributed by atoms with E-state index in [4.69, 9.17) is 0 Å². The van der Waals surface area contributed by atoms with Gasteiger partial charge in [-0.3, -0.25) is 4.79 Å². The van der Waals surface area contributed by atoms with Crippen LogP contribution in [0.2, 0.25) is 0 Å². The fourth-order valence-corrected chi connectivity index (χ4v) is 2.50. The molecular weight excluding hydrogens is 385 g/mol. The van der Waals surface area contributed by atoms with Crippen LogP contribution in [0.3, 0.4) is 0 Å². The van der Waals surface area contributed by atoms with Crippen LogP contribution < -0.4 is 16.0 Å². The minimum atomic E-state index is -4.37. The Morgan fingerprint density at radius 1 is 0.966 bits per heavy atom. The number of carbonyl (C=O) groups excluding carboxylic acids is 2. The third-order valence-corrected chi connectivity index (χ3v) is 3.92. The van der Waals surface area contributed by atoms with Crippen molar-refractivity contribution in [1.82, 2.24) is 10.2 Å². The van der Waals surface area contributed by atoms with Crippen molar-refractivity contribution in [2.45, 2.75) is 19.1 Å². The second-order valence-electron chi connectivity index (χ2n) is 6.39. The molecule has 3 amide bonds. The Morgan fingerprint density at radius 3 is 2.24 bits per heavy atom. The van der Waals surface area contributed by atoms with Crippen LogP contribution >= 0.6 is 0 Å². The number of nitrogens with one attached hydrogen (secondary N) is 3. The predicted octanol–water partition coefficient (Wildman–Crippen LogP) is 3.83. The summed E-state index contributed by atoms with van der Waals surface area (Å²) in [5.41, 5.74) is 1.39. The zero-order valence-electron chi connectivity index (χ0n) is 15.9. The number of para-hydroxylation sites is 2. The number of anilines is 2. The van der Waals surface area contributed by atoms with E-state index in [1.54, 1.807) is 19.2 Å². The van der Waals surface area contributed by atoms with E-state index in [0.29, 0.717) is 6.54 Å². The Kier molecular flexibility index (Phi) is 7.88. The van der Waals surface area contributed by atoms with Crippen molar-refractivity contribution < 1.29 is 22.8 Å². The quantitative estimate of drug-likeness (QED) is 0.622. The van der Waals surface area contributed by atoms with Crippen LogP contribution in [-0.4, -0.2) is 43.2 Å². The Bertz CT molecular complexity index is 813. The molecule has 0 unspecified atom stereocenters. The molecule has 0 bridgehead atoms. The molecule has 0 spiro atoms. The Balaban J connectivity index is 1.78. The molecule has 0 radical (unpaired) electrons. The third kappa shape index (κ3) is 8.12. The van der Waals surface area contributed by atoms with Gasteiger partial charge >= 0.3 is 12.2 Å². The van der Waals surface area contributed by atoms with E-state index in [9.17, 15) is 22.8 Å². The fourth-order valence-electron chi connectivity index (χ4n) is 2.50. The van der Waals surface area contributed by atoms with Crippen molar-refractivity contribution >= 4 is 23.3 Å². The van der Waals surface area contributed by atoms with E-state index < -0.39 is 18.6 Å². The lowest BCUT2D eigenvalue weighted by atomic mass is 10.2. The zero-order valence-corrected chi connectivity index (χ0v) is 15.9. The van der Waals surface area contributed by atoms with Gasteiger partial charge in [-0.25, -0.2) is 4.79 Å². The molecule has 0 atom stereocenters. The summed E-state index contributed by atoms with van der Waals surface area (Å²) in [6.45, 7) is -0.678. The molecule has 0 aliphatic heterocycles. The predicted molar refractivity (Wildman–Crippen MR) is 106 cm³/mol. The third-order valence-electron chi connectivity index (χ3n) is 3.92. The minimum absolute atomic E-state index is 0.0154. The Morgan fingerprint density at radius 2 is 1.59 bits per heavy atom. The lowest BCUT2D eigenvalue weighted by molar-refractivity contribution is -0.116. The molecule has 9 heteroatoms. The summed E-state index contributed by atoms with van der Waals surface area (Å²) in [6, 6.07) is 15.3. The molecule has 29 heavy (non-hydrogen) atoms. The second kappa shape index (κ2) is 10.4. The monoisotopic (exact) mass is 408 g/mol. The average Bonchev–Trinajstić information content (AvgIpc) is 2.67. The van der Waals surface area contributed by atoms with Crippen LogP contribution in [0, 0.1) is 0 Å². The lowest BCUT2D eigenvalue weighted by Crippen LogP contribution is -2.38. The second-order valence-corrected chi connectivity index (χ2v) is 6.39. The smallest absolute Gasteiger partial charge is 0.375 e. The maximum atomic E-state index is 12.4. The van der Waals surface area contributed by atoms with Crippen LogP contribution in [0.1, 0.15) is 12.0 Å². The molecule has 6 nitrogen and oxygen atoms in total. The summed E-state index contributed by atoms with van der Waals surface area (Å²) >= 11 is 0. The van der Waals surface area contributed by atoms with Crippen molar-refractivity contribution in [3.63, 3.8) is 0 Å². The lowest BCUT2D eigenvalue weighted by Gasteiger charge is -2.18. The molecule has 0 heterocycles. The summed E-state index contributed by atoms with van der Waals surface area (Å²) in [7, 11) is 1.64. The molecule has 156 valence electrons. The molecule has 0 fully saturated rings. The van der Waals surface area contributed by atoms with Crippen LogP contribution in [0.5, 0.6) is 0 Å². The van der Waals surface area contributed by atoms with Gasteiger partial charge in [-0.15, -0.1) is 0 Å². The average molecular weight is 408 g/mol. The molecule has 0 aliphatic rings. The topological polar surface area (TPSA) is 73.5 Å². The normalized spacial score (nSPS) is 10.9. The van der Waals surface area contributed by atoms with E-state index in [1.165, 1.54) is 17.0 Å². The maximum absolute atomic E-state index is 12.4. The van der Waals surface area contributed by atoms with E-state index in [1.807, 2.05) is 30.3 Å². The van der Waals surface area contributed by atoms with Gasteiger partial charge in [-0.2, -0.15) is 13.2 Å². The first kappa shape index (κ1) is 22.1. The summed E-state index contributed by atoms with van der Waals surface area (Å²) < 4.78 is 37.2. The SMILES string of the molecule is CN(Cc1ccccc1)C(=O)NCCC(=O)Nc1ccccc1NCC(F)(F)F. The highest BCUT2D eigenvalue weighted by atomic mass is 19.4. The molecule has 2 aromatic carbocycles. The molecule has 0 aromatic heterocycles. The first-order valence-corrected chi connectivity index (χ1v) is 8.97. The number of halogens is 3. The summed E-state index contributed by atoms with van der Waals surface area (Å²) in [6.07, 6.45) is -4.38. The van der Waals surface area contributed by atoms with E-state index in [-0.39, 0.29) is 30.4 Å². The Hall–Kier alpha value is -3.23. The minimum Gasteiger partial charge on any atom is -0.375 e. The van der Waals surface area contributed by atoms with Crippen LogP contribution in [-0.2, 0) is 11.3 Å². The van der Waals surface area contributed by atoms with Gasteiger partial charge in [0.05, 0.1) is 11.4 Å². The van der Waals surface area contributed by atoms with E-state index in [0.717, 1.165) is 5.56 Å². The molecule has 0 aliphatic carbocycles. The molecule has 0 saturated carbocycles. The van der Waals surface area contributed by atoms with Crippen LogP contribution in [0.25, 0.3) is 0 Å². The molecule has 2 aromatic rings. The number of hydrogen-bond donors (Lipinski definition) is 3. The summed E-state index contributed by atoms with van der Waals surface area (Å²) in [5.74, 6) is -0.419. The van der Waals surface area contributed by atoms with Gasteiger partial charge in [0, 0.05) is 26.6 Å². The maximum Gasteiger partial charge on any atom is 0.405 e. The summed E-state index contributed by atoms with van der Waals surface area (Å²) in [5, 5.41) is 7.45. The molecule has 0 saturated heterocycles. The van der Waals surface area contributed by atoms with Crippen LogP contribution in [0.15, 0.2) is 54.6 Å².